The standard InChI is InChI=1S/C17H26N2O2/c1-18-11-5-9-15-10-6-12-19(13-15)17(20)21-14-16-7-3-2-4-8-16/h2-4,7-8,15,18H,5-6,9-14H2,1H3. The molecule has 1 fully saturated rings. The maximum Gasteiger partial charge on any atom is 0.410 e. The van der Waals surface area contributed by atoms with E-state index in [2.05, 4.69) is 5.32 Å². The van der Waals surface area contributed by atoms with E-state index in [9.17, 15) is 4.79 Å². The molecule has 1 heterocycles. The van der Waals surface area contributed by atoms with Gasteiger partial charge in [-0.2, -0.15) is 0 Å². The van der Waals surface area contributed by atoms with Crippen LogP contribution in [0.4, 0.5) is 4.79 Å². The molecule has 0 saturated carbocycles. The zero-order valence-electron chi connectivity index (χ0n) is 12.9. The van der Waals surface area contributed by atoms with E-state index >= 15 is 0 Å². The van der Waals surface area contributed by atoms with Crippen LogP contribution in [-0.4, -0.2) is 37.7 Å². The zero-order valence-corrected chi connectivity index (χ0v) is 12.9. The number of amides is 1. The van der Waals surface area contributed by atoms with E-state index in [4.69, 9.17) is 4.74 Å². The van der Waals surface area contributed by atoms with Crippen molar-refractivity contribution in [3.8, 4) is 0 Å². The highest BCUT2D eigenvalue weighted by atomic mass is 16.6. The largest absolute Gasteiger partial charge is 0.445 e. The molecule has 0 bridgehead atoms. The Morgan fingerprint density at radius 3 is 2.95 bits per heavy atom. The zero-order chi connectivity index (χ0) is 14.9. The summed E-state index contributed by atoms with van der Waals surface area (Å²) in [5, 5.41) is 3.17. The van der Waals surface area contributed by atoms with Gasteiger partial charge in [0.2, 0.25) is 0 Å². The van der Waals surface area contributed by atoms with Gasteiger partial charge in [0, 0.05) is 13.1 Å². The molecule has 1 aromatic rings. The van der Waals surface area contributed by atoms with Crippen molar-refractivity contribution in [1.29, 1.82) is 0 Å². The summed E-state index contributed by atoms with van der Waals surface area (Å²) in [6.45, 7) is 3.09. The van der Waals surface area contributed by atoms with Gasteiger partial charge in [-0.25, -0.2) is 4.79 Å². The lowest BCUT2D eigenvalue weighted by Crippen LogP contribution is -2.40. The van der Waals surface area contributed by atoms with E-state index in [0.29, 0.717) is 12.5 Å². The first kappa shape index (κ1) is 15.8. The topological polar surface area (TPSA) is 41.6 Å². The molecular formula is C17H26N2O2. The van der Waals surface area contributed by atoms with Crippen LogP contribution in [0.2, 0.25) is 0 Å². The summed E-state index contributed by atoms with van der Waals surface area (Å²) in [5.41, 5.74) is 1.04. The molecule has 0 aromatic heterocycles. The number of carbonyl (C=O) groups is 1. The Hall–Kier alpha value is -1.55. The molecule has 1 N–H and O–H groups in total. The summed E-state index contributed by atoms with van der Waals surface area (Å²) in [5.74, 6) is 0.622. The molecule has 1 saturated heterocycles. The maximum atomic E-state index is 12.1. The van der Waals surface area contributed by atoms with E-state index in [1.54, 1.807) is 0 Å². The van der Waals surface area contributed by atoms with Gasteiger partial charge < -0.3 is 15.0 Å². The van der Waals surface area contributed by atoms with Crippen molar-refractivity contribution in [3.63, 3.8) is 0 Å². The number of carbonyl (C=O) groups excluding carboxylic acids is 1. The number of likely N-dealkylation sites (tertiary alicyclic amines) is 1. The van der Waals surface area contributed by atoms with Crippen molar-refractivity contribution in [2.24, 2.45) is 5.92 Å². The lowest BCUT2D eigenvalue weighted by Gasteiger charge is -2.32. The van der Waals surface area contributed by atoms with Crippen molar-refractivity contribution in [3.05, 3.63) is 35.9 Å². The number of nitrogens with one attached hydrogen (secondary N) is 1. The molecule has 2 rings (SSSR count). The number of rotatable bonds is 6. The summed E-state index contributed by atoms with van der Waals surface area (Å²) in [6.07, 6.45) is 4.51. The van der Waals surface area contributed by atoms with Gasteiger partial charge in [-0.15, -0.1) is 0 Å². The van der Waals surface area contributed by atoms with E-state index in [1.807, 2.05) is 42.3 Å². The van der Waals surface area contributed by atoms with Gasteiger partial charge in [-0.3, -0.25) is 0 Å². The van der Waals surface area contributed by atoms with Crippen LogP contribution in [-0.2, 0) is 11.3 Å². The molecule has 1 aliphatic rings. The monoisotopic (exact) mass is 290 g/mol. The van der Waals surface area contributed by atoms with Gasteiger partial charge in [-0.1, -0.05) is 30.3 Å². The second-order valence-corrected chi connectivity index (χ2v) is 5.74. The molecule has 21 heavy (non-hydrogen) atoms. The third-order valence-corrected chi connectivity index (χ3v) is 4.02. The minimum Gasteiger partial charge on any atom is -0.445 e. The molecule has 1 aromatic carbocycles. The Balaban J connectivity index is 1.74. The highest BCUT2D eigenvalue weighted by Crippen LogP contribution is 2.21. The van der Waals surface area contributed by atoms with E-state index in [1.165, 1.54) is 19.3 Å². The molecule has 1 unspecified atom stereocenters. The molecular weight excluding hydrogens is 264 g/mol. The summed E-state index contributed by atoms with van der Waals surface area (Å²) in [6, 6.07) is 9.84. The molecule has 116 valence electrons. The maximum absolute atomic E-state index is 12.1. The number of nitrogens with zero attached hydrogens (tertiary/aromatic N) is 1. The first-order valence-electron chi connectivity index (χ1n) is 7.90. The normalized spacial score (nSPS) is 18.5. The first-order valence-corrected chi connectivity index (χ1v) is 7.90. The van der Waals surface area contributed by atoms with Crippen LogP contribution in [0.25, 0.3) is 0 Å². The van der Waals surface area contributed by atoms with Crippen molar-refractivity contribution >= 4 is 6.09 Å². The molecule has 0 spiro atoms. The van der Waals surface area contributed by atoms with Crippen LogP contribution < -0.4 is 5.32 Å². The summed E-state index contributed by atoms with van der Waals surface area (Å²) in [4.78, 5) is 14.0. The van der Waals surface area contributed by atoms with Crippen LogP contribution in [0.5, 0.6) is 0 Å². The number of piperidine rings is 1. The fourth-order valence-electron chi connectivity index (χ4n) is 2.84. The second kappa shape index (κ2) is 8.67. The highest BCUT2D eigenvalue weighted by molar-refractivity contribution is 5.67. The molecule has 1 atom stereocenters. The Bertz CT molecular complexity index is 422. The minimum absolute atomic E-state index is 0.169. The quantitative estimate of drug-likeness (QED) is 0.819. The average Bonchev–Trinajstić information content (AvgIpc) is 2.54. The third-order valence-electron chi connectivity index (χ3n) is 4.02. The molecule has 0 aliphatic carbocycles. The smallest absolute Gasteiger partial charge is 0.410 e. The summed E-state index contributed by atoms with van der Waals surface area (Å²) in [7, 11) is 1.98. The first-order chi connectivity index (χ1) is 10.3. The number of hydrogen-bond acceptors (Lipinski definition) is 3. The van der Waals surface area contributed by atoms with Crippen LogP contribution in [0, 0.1) is 5.92 Å². The number of benzene rings is 1. The van der Waals surface area contributed by atoms with Crippen molar-refractivity contribution in [2.45, 2.75) is 32.3 Å². The number of ether oxygens (including phenoxy) is 1. The highest BCUT2D eigenvalue weighted by Gasteiger charge is 2.24. The third kappa shape index (κ3) is 5.38. The lowest BCUT2D eigenvalue weighted by atomic mass is 9.93. The van der Waals surface area contributed by atoms with Crippen LogP contribution in [0.1, 0.15) is 31.2 Å². The fraction of sp³-hybridized carbons (Fsp3) is 0.588. The SMILES string of the molecule is CNCCCC1CCCN(C(=O)OCc2ccccc2)C1. The Labute approximate surface area is 127 Å². The molecule has 4 heteroatoms. The summed E-state index contributed by atoms with van der Waals surface area (Å²) < 4.78 is 5.42. The van der Waals surface area contributed by atoms with E-state index in [0.717, 1.165) is 31.6 Å². The minimum atomic E-state index is -0.169. The van der Waals surface area contributed by atoms with Gasteiger partial charge in [0.05, 0.1) is 0 Å². The summed E-state index contributed by atoms with van der Waals surface area (Å²) >= 11 is 0. The Morgan fingerprint density at radius 2 is 2.19 bits per heavy atom. The van der Waals surface area contributed by atoms with Gasteiger partial charge in [0.1, 0.15) is 6.61 Å². The van der Waals surface area contributed by atoms with Gasteiger partial charge in [-0.05, 0) is 50.8 Å². The van der Waals surface area contributed by atoms with Crippen molar-refractivity contribution in [1.82, 2.24) is 10.2 Å². The molecule has 4 nitrogen and oxygen atoms in total. The van der Waals surface area contributed by atoms with Gasteiger partial charge in [0.25, 0.3) is 0 Å². The predicted octanol–water partition coefficient (Wildman–Crippen LogP) is 3.03. The molecule has 0 radical (unpaired) electrons. The van der Waals surface area contributed by atoms with Crippen LogP contribution in [0.15, 0.2) is 30.3 Å². The predicted molar refractivity (Wildman–Crippen MR) is 84.1 cm³/mol. The second-order valence-electron chi connectivity index (χ2n) is 5.74. The Morgan fingerprint density at radius 1 is 1.38 bits per heavy atom. The van der Waals surface area contributed by atoms with Crippen molar-refractivity contribution < 1.29 is 9.53 Å². The van der Waals surface area contributed by atoms with Crippen molar-refractivity contribution in [2.75, 3.05) is 26.7 Å². The Kier molecular flexibility index (Phi) is 6.54. The van der Waals surface area contributed by atoms with Gasteiger partial charge >= 0.3 is 6.09 Å². The molecule has 1 aliphatic heterocycles. The average molecular weight is 290 g/mol. The number of hydrogen-bond donors (Lipinski definition) is 1. The van der Waals surface area contributed by atoms with Gasteiger partial charge in [0.15, 0.2) is 0 Å². The lowest BCUT2D eigenvalue weighted by molar-refractivity contribution is 0.0778. The van der Waals surface area contributed by atoms with E-state index in [-0.39, 0.29) is 6.09 Å². The van der Waals surface area contributed by atoms with Crippen LogP contribution in [0.3, 0.4) is 0 Å². The molecule has 1 amide bonds. The fourth-order valence-corrected chi connectivity index (χ4v) is 2.84. The van der Waals surface area contributed by atoms with Crippen LogP contribution >= 0.6 is 0 Å². The van der Waals surface area contributed by atoms with E-state index < -0.39 is 0 Å².